The number of nitrogens with zero attached hydrogens (tertiary/aromatic N) is 2. The first-order chi connectivity index (χ1) is 18.7. The molecule has 0 saturated heterocycles. The average Bonchev–Trinajstić information content (AvgIpc) is 2.93. The topological polar surface area (TPSA) is 86.8 Å². The summed E-state index contributed by atoms with van der Waals surface area (Å²) in [5, 5.41) is 3.12. The Morgan fingerprint density at radius 1 is 0.923 bits per heavy atom. The van der Waals surface area contributed by atoms with Crippen LogP contribution in [0.5, 0.6) is 0 Å². The van der Waals surface area contributed by atoms with Crippen LogP contribution in [-0.4, -0.2) is 44.3 Å². The molecule has 2 amide bonds. The summed E-state index contributed by atoms with van der Waals surface area (Å²) < 4.78 is 28.8. The minimum absolute atomic E-state index is 0.0415. The van der Waals surface area contributed by atoms with Gasteiger partial charge in [-0.3, -0.25) is 13.9 Å². The van der Waals surface area contributed by atoms with Crippen LogP contribution in [0.4, 0.5) is 5.69 Å². The standard InChI is InChI=1S/C30H36ClN3O4S/c1-4-6-20-32-30(36)27(5-2)33(21-24-12-8-7-9-13-24)29(35)22-34(28-15-11-10-14-26(28)31)39(37,38)25-18-16-23(3)17-19-25/h7-19,27H,4-6,20-22H2,1-3H3,(H,32,36)/t27-/m1/s1. The number of rotatable bonds is 13. The van der Waals surface area contributed by atoms with Crippen molar-refractivity contribution in [2.75, 3.05) is 17.4 Å². The van der Waals surface area contributed by atoms with Crippen LogP contribution in [0.1, 0.15) is 44.2 Å². The number of carbonyl (C=O) groups is 2. The highest BCUT2D eigenvalue weighted by Gasteiger charge is 2.34. The molecular formula is C30H36ClN3O4S. The van der Waals surface area contributed by atoms with E-state index in [9.17, 15) is 18.0 Å². The third kappa shape index (κ3) is 7.83. The molecule has 0 aromatic heterocycles. The predicted molar refractivity (Wildman–Crippen MR) is 156 cm³/mol. The van der Waals surface area contributed by atoms with Crippen molar-refractivity contribution in [1.82, 2.24) is 10.2 Å². The Labute approximate surface area is 236 Å². The van der Waals surface area contributed by atoms with Gasteiger partial charge in [0.1, 0.15) is 12.6 Å². The van der Waals surface area contributed by atoms with Crippen molar-refractivity contribution >= 4 is 39.1 Å². The zero-order chi connectivity index (χ0) is 28.4. The molecule has 0 aliphatic rings. The van der Waals surface area contributed by atoms with Gasteiger partial charge in [-0.25, -0.2) is 8.42 Å². The number of hydrogen-bond acceptors (Lipinski definition) is 4. The third-order valence-corrected chi connectivity index (χ3v) is 8.51. The number of sulfonamides is 1. The van der Waals surface area contributed by atoms with E-state index in [4.69, 9.17) is 11.6 Å². The van der Waals surface area contributed by atoms with Crippen LogP contribution >= 0.6 is 11.6 Å². The molecule has 0 bridgehead atoms. The van der Waals surface area contributed by atoms with E-state index >= 15 is 0 Å². The molecule has 9 heteroatoms. The van der Waals surface area contributed by atoms with Gasteiger partial charge < -0.3 is 10.2 Å². The first-order valence-electron chi connectivity index (χ1n) is 13.1. The lowest BCUT2D eigenvalue weighted by Crippen LogP contribution is -2.52. The van der Waals surface area contributed by atoms with E-state index in [0.717, 1.165) is 28.3 Å². The van der Waals surface area contributed by atoms with Gasteiger partial charge >= 0.3 is 0 Å². The summed E-state index contributed by atoms with van der Waals surface area (Å²) >= 11 is 6.45. The third-order valence-electron chi connectivity index (χ3n) is 6.42. The van der Waals surface area contributed by atoms with E-state index in [1.165, 1.54) is 17.0 Å². The highest BCUT2D eigenvalue weighted by Crippen LogP contribution is 2.31. The van der Waals surface area contributed by atoms with Gasteiger partial charge in [-0.2, -0.15) is 0 Å². The Hall–Kier alpha value is -3.36. The number of benzene rings is 3. The van der Waals surface area contributed by atoms with Crippen molar-refractivity contribution in [2.24, 2.45) is 0 Å². The Morgan fingerprint density at radius 2 is 1.56 bits per heavy atom. The normalized spacial score (nSPS) is 12.0. The van der Waals surface area contributed by atoms with Crippen LogP contribution in [0.3, 0.4) is 0 Å². The van der Waals surface area contributed by atoms with E-state index in [2.05, 4.69) is 5.32 Å². The molecular weight excluding hydrogens is 534 g/mol. The minimum Gasteiger partial charge on any atom is -0.354 e. The van der Waals surface area contributed by atoms with E-state index in [1.54, 1.807) is 36.4 Å². The average molecular weight is 570 g/mol. The fourth-order valence-corrected chi connectivity index (χ4v) is 5.93. The van der Waals surface area contributed by atoms with E-state index < -0.39 is 28.5 Å². The molecule has 0 saturated carbocycles. The number of carbonyl (C=O) groups excluding carboxylic acids is 2. The lowest BCUT2D eigenvalue weighted by atomic mass is 10.1. The Morgan fingerprint density at radius 3 is 2.18 bits per heavy atom. The Bertz CT molecular complexity index is 1350. The van der Waals surface area contributed by atoms with Gasteiger partial charge in [0, 0.05) is 13.1 Å². The molecule has 0 unspecified atom stereocenters. The summed E-state index contributed by atoms with van der Waals surface area (Å²) in [5.41, 5.74) is 1.92. The van der Waals surface area contributed by atoms with Crippen LogP contribution in [0.15, 0.2) is 83.8 Å². The molecule has 1 N–H and O–H groups in total. The maximum absolute atomic E-state index is 14.0. The Kier molecular flexibility index (Phi) is 10.9. The van der Waals surface area contributed by atoms with Crippen molar-refractivity contribution in [1.29, 1.82) is 0 Å². The maximum atomic E-state index is 14.0. The van der Waals surface area contributed by atoms with Gasteiger partial charge in [0.2, 0.25) is 11.8 Å². The molecule has 1 atom stereocenters. The number of aryl methyl sites for hydroxylation is 1. The smallest absolute Gasteiger partial charge is 0.264 e. The molecule has 0 spiro atoms. The van der Waals surface area contributed by atoms with Crippen LogP contribution in [0, 0.1) is 6.92 Å². The van der Waals surface area contributed by atoms with Crippen molar-refractivity contribution < 1.29 is 18.0 Å². The highest BCUT2D eigenvalue weighted by molar-refractivity contribution is 7.92. The monoisotopic (exact) mass is 569 g/mol. The van der Waals surface area contributed by atoms with Gasteiger partial charge in [-0.15, -0.1) is 0 Å². The van der Waals surface area contributed by atoms with Crippen LogP contribution in [-0.2, 0) is 26.2 Å². The molecule has 0 aliphatic heterocycles. The fraction of sp³-hybridized carbons (Fsp3) is 0.333. The molecule has 3 aromatic carbocycles. The van der Waals surface area contributed by atoms with E-state index in [0.29, 0.717) is 13.0 Å². The molecule has 0 heterocycles. The zero-order valence-electron chi connectivity index (χ0n) is 22.6. The summed E-state index contributed by atoms with van der Waals surface area (Å²) in [5.74, 6) is -0.770. The van der Waals surface area contributed by atoms with Gasteiger partial charge in [-0.05, 0) is 49.6 Å². The van der Waals surface area contributed by atoms with Crippen molar-refractivity contribution in [3.8, 4) is 0 Å². The number of hydrogen-bond donors (Lipinski definition) is 1. The molecule has 0 fully saturated rings. The molecule has 0 aliphatic carbocycles. The SMILES string of the molecule is CCCCNC(=O)[C@@H](CC)N(Cc1ccccc1)C(=O)CN(c1ccccc1Cl)S(=O)(=O)c1ccc(C)cc1. The number of para-hydroxylation sites is 1. The molecule has 3 aromatic rings. The van der Waals surface area contributed by atoms with Gasteiger partial charge in [-0.1, -0.05) is 92.0 Å². The summed E-state index contributed by atoms with van der Waals surface area (Å²) in [4.78, 5) is 28.7. The van der Waals surface area contributed by atoms with E-state index in [1.807, 2.05) is 51.1 Å². The maximum Gasteiger partial charge on any atom is 0.264 e. The quantitative estimate of drug-likeness (QED) is 0.273. The second-order valence-electron chi connectivity index (χ2n) is 9.35. The first-order valence-corrected chi connectivity index (χ1v) is 15.0. The lowest BCUT2D eigenvalue weighted by molar-refractivity contribution is -0.140. The van der Waals surface area contributed by atoms with Crippen molar-refractivity contribution in [3.05, 3.63) is 95.0 Å². The number of halogens is 1. The summed E-state index contributed by atoms with van der Waals surface area (Å²) in [6.45, 7) is 5.87. The molecule has 208 valence electrons. The second kappa shape index (κ2) is 14.1. The number of amides is 2. The minimum atomic E-state index is -4.16. The summed E-state index contributed by atoms with van der Waals surface area (Å²) in [6.07, 6.45) is 2.12. The fourth-order valence-electron chi connectivity index (χ4n) is 4.21. The largest absolute Gasteiger partial charge is 0.354 e. The number of nitrogens with one attached hydrogen (secondary N) is 1. The molecule has 0 radical (unpaired) electrons. The first kappa shape index (κ1) is 30.2. The zero-order valence-corrected chi connectivity index (χ0v) is 24.2. The molecule has 3 rings (SSSR count). The van der Waals surface area contributed by atoms with Gasteiger partial charge in [0.25, 0.3) is 10.0 Å². The van der Waals surface area contributed by atoms with Gasteiger partial charge in [0.05, 0.1) is 15.6 Å². The summed E-state index contributed by atoms with van der Waals surface area (Å²) in [6, 6.07) is 21.5. The predicted octanol–water partition coefficient (Wildman–Crippen LogP) is 5.57. The number of unbranched alkanes of at least 4 members (excludes halogenated alkanes) is 1. The Balaban J connectivity index is 2.03. The van der Waals surface area contributed by atoms with Crippen molar-refractivity contribution in [3.63, 3.8) is 0 Å². The van der Waals surface area contributed by atoms with Crippen LogP contribution in [0.25, 0.3) is 0 Å². The summed E-state index contributed by atoms with van der Waals surface area (Å²) in [7, 11) is -4.16. The van der Waals surface area contributed by atoms with E-state index in [-0.39, 0.29) is 28.1 Å². The molecule has 7 nitrogen and oxygen atoms in total. The highest BCUT2D eigenvalue weighted by atomic mass is 35.5. The van der Waals surface area contributed by atoms with Crippen LogP contribution < -0.4 is 9.62 Å². The number of anilines is 1. The second-order valence-corrected chi connectivity index (χ2v) is 11.6. The van der Waals surface area contributed by atoms with Crippen LogP contribution in [0.2, 0.25) is 5.02 Å². The van der Waals surface area contributed by atoms with Gasteiger partial charge in [0.15, 0.2) is 0 Å². The van der Waals surface area contributed by atoms with Crippen molar-refractivity contribution in [2.45, 2.75) is 57.5 Å². The molecule has 39 heavy (non-hydrogen) atoms. The lowest BCUT2D eigenvalue weighted by Gasteiger charge is -2.33.